The molecule has 0 saturated heterocycles. The molecule has 1 amide bonds. The molecule has 0 spiro atoms. The molecule has 21 heavy (non-hydrogen) atoms. The molecule has 2 heterocycles. The number of carbonyl (C=O) groups excluding carboxylic acids is 1. The van der Waals surface area contributed by atoms with Gasteiger partial charge in [-0.15, -0.1) is 5.10 Å². The van der Waals surface area contributed by atoms with Gasteiger partial charge in [-0.05, 0) is 26.3 Å². The quantitative estimate of drug-likeness (QED) is 0.869. The lowest BCUT2D eigenvalue weighted by molar-refractivity contribution is -0.137. The Morgan fingerprint density at radius 1 is 1.33 bits per heavy atom. The first-order valence-electron chi connectivity index (χ1n) is 6.64. The van der Waals surface area contributed by atoms with E-state index in [1.807, 2.05) is 26.8 Å². The van der Waals surface area contributed by atoms with E-state index < -0.39 is 11.9 Å². The maximum absolute atomic E-state index is 12.3. The highest BCUT2D eigenvalue weighted by molar-refractivity contribution is 5.92. The predicted octanol–water partition coefficient (Wildman–Crippen LogP) is 0.678. The number of carbonyl (C=O) groups is 2. The summed E-state index contributed by atoms with van der Waals surface area (Å²) in [5.74, 6) is -1.26. The average Bonchev–Trinajstić information content (AvgIpc) is 2.81. The molecule has 0 fully saturated rings. The van der Waals surface area contributed by atoms with Crippen LogP contribution in [-0.4, -0.2) is 54.6 Å². The molecule has 1 N–H and O–H groups in total. The molecule has 0 unspecified atom stereocenters. The van der Waals surface area contributed by atoms with Gasteiger partial charge in [-0.2, -0.15) is 4.98 Å². The Bertz CT molecular complexity index is 694. The van der Waals surface area contributed by atoms with Crippen LogP contribution in [-0.2, 0) is 4.79 Å². The van der Waals surface area contributed by atoms with Crippen molar-refractivity contribution in [2.45, 2.75) is 27.2 Å². The van der Waals surface area contributed by atoms with Crippen LogP contribution in [0, 0.1) is 13.8 Å². The summed E-state index contributed by atoms with van der Waals surface area (Å²) in [6, 6.07) is 1.83. The minimum absolute atomic E-state index is 0.0362. The Morgan fingerprint density at radius 3 is 2.67 bits per heavy atom. The highest BCUT2D eigenvalue weighted by Crippen LogP contribution is 2.07. The second kappa shape index (κ2) is 5.86. The Hall–Kier alpha value is -2.51. The Morgan fingerprint density at radius 2 is 2.05 bits per heavy atom. The number of aryl methyl sites for hydroxylation is 2. The summed E-state index contributed by atoms with van der Waals surface area (Å²) >= 11 is 0. The molecule has 112 valence electrons. The number of carboxylic acid groups (broad SMARTS) is 1. The van der Waals surface area contributed by atoms with E-state index in [4.69, 9.17) is 5.11 Å². The Labute approximate surface area is 121 Å². The van der Waals surface area contributed by atoms with E-state index in [1.54, 1.807) is 0 Å². The van der Waals surface area contributed by atoms with Crippen LogP contribution in [0.1, 0.15) is 35.4 Å². The van der Waals surface area contributed by atoms with Crippen molar-refractivity contribution in [1.29, 1.82) is 0 Å². The van der Waals surface area contributed by atoms with Gasteiger partial charge in [0, 0.05) is 17.9 Å². The minimum atomic E-state index is -1.06. The van der Waals surface area contributed by atoms with Gasteiger partial charge in [-0.1, -0.05) is 6.92 Å². The molecule has 8 heteroatoms. The van der Waals surface area contributed by atoms with Crippen molar-refractivity contribution in [2.75, 3.05) is 13.1 Å². The molecule has 8 nitrogen and oxygen atoms in total. The van der Waals surface area contributed by atoms with Crippen molar-refractivity contribution in [3.05, 3.63) is 23.3 Å². The molecule has 0 aliphatic carbocycles. The largest absolute Gasteiger partial charge is 0.480 e. The van der Waals surface area contributed by atoms with Gasteiger partial charge >= 0.3 is 5.97 Å². The van der Waals surface area contributed by atoms with E-state index in [-0.39, 0.29) is 12.4 Å². The van der Waals surface area contributed by atoms with Crippen LogP contribution in [0.15, 0.2) is 6.07 Å². The fourth-order valence-electron chi connectivity index (χ4n) is 2.08. The summed E-state index contributed by atoms with van der Waals surface area (Å²) in [5, 5.41) is 13.0. The minimum Gasteiger partial charge on any atom is -0.480 e. The highest BCUT2D eigenvalue weighted by Gasteiger charge is 2.22. The van der Waals surface area contributed by atoms with Gasteiger partial charge in [-0.25, -0.2) is 9.50 Å². The standard InChI is InChI=1S/C13H17N5O3/c1-4-5-17(7-10(19)20)12(21)11-15-13-14-8(2)6-9(3)18(13)16-11/h6H,4-5,7H2,1-3H3,(H,19,20). The zero-order chi connectivity index (χ0) is 15.6. The van der Waals surface area contributed by atoms with E-state index >= 15 is 0 Å². The second-order valence-electron chi connectivity index (χ2n) is 4.81. The lowest BCUT2D eigenvalue weighted by atomic mass is 10.3. The fraction of sp³-hybridized carbons (Fsp3) is 0.462. The molecule has 0 aromatic carbocycles. The van der Waals surface area contributed by atoms with Crippen LogP contribution in [0.3, 0.4) is 0 Å². The summed E-state index contributed by atoms with van der Waals surface area (Å²) in [7, 11) is 0. The summed E-state index contributed by atoms with van der Waals surface area (Å²) in [5.41, 5.74) is 1.59. The number of rotatable bonds is 5. The van der Waals surface area contributed by atoms with E-state index in [1.165, 1.54) is 9.42 Å². The lowest BCUT2D eigenvalue weighted by Crippen LogP contribution is -2.36. The summed E-state index contributed by atoms with van der Waals surface area (Å²) in [6.45, 7) is 5.51. The van der Waals surface area contributed by atoms with Crippen molar-refractivity contribution >= 4 is 17.7 Å². The normalized spacial score (nSPS) is 10.8. The fourth-order valence-corrected chi connectivity index (χ4v) is 2.08. The molecule has 2 rings (SSSR count). The summed E-state index contributed by atoms with van der Waals surface area (Å²) in [6.07, 6.45) is 0.656. The van der Waals surface area contributed by atoms with Crippen molar-refractivity contribution in [2.24, 2.45) is 0 Å². The monoisotopic (exact) mass is 291 g/mol. The number of aromatic nitrogens is 4. The Balaban J connectivity index is 2.37. The number of hydrogen-bond acceptors (Lipinski definition) is 5. The number of amides is 1. The van der Waals surface area contributed by atoms with Gasteiger partial charge < -0.3 is 10.0 Å². The van der Waals surface area contributed by atoms with Gasteiger partial charge in [0.2, 0.25) is 5.82 Å². The van der Waals surface area contributed by atoms with Crippen LogP contribution in [0.5, 0.6) is 0 Å². The average molecular weight is 291 g/mol. The first-order chi connectivity index (χ1) is 9.92. The van der Waals surface area contributed by atoms with Crippen LogP contribution in [0.2, 0.25) is 0 Å². The third kappa shape index (κ3) is 3.15. The maximum Gasteiger partial charge on any atom is 0.323 e. The van der Waals surface area contributed by atoms with Crippen LogP contribution < -0.4 is 0 Å². The lowest BCUT2D eigenvalue weighted by Gasteiger charge is -2.17. The first-order valence-corrected chi connectivity index (χ1v) is 6.64. The number of aliphatic carboxylic acids is 1. The van der Waals surface area contributed by atoms with Gasteiger partial charge in [0.05, 0.1) is 0 Å². The molecular formula is C13H17N5O3. The molecule has 0 aliphatic rings. The third-order valence-corrected chi connectivity index (χ3v) is 2.92. The zero-order valence-electron chi connectivity index (χ0n) is 12.2. The van der Waals surface area contributed by atoms with Crippen LogP contribution in [0.25, 0.3) is 5.78 Å². The molecule has 0 aliphatic heterocycles. The van der Waals surface area contributed by atoms with E-state index in [2.05, 4.69) is 15.1 Å². The van der Waals surface area contributed by atoms with Crippen molar-refractivity contribution in [3.8, 4) is 0 Å². The van der Waals surface area contributed by atoms with Gasteiger partial charge in [-0.3, -0.25) is 9.59 Å². The third-order valence-electron chi connectivity index (χ3n) is 2.92. The van der Waals surface area contributed by atoms with Crippen LogP contribution >= 0.6 is 0 Å². The first kappa shape index (κ1) is 14.9. The number of nitrogens with zero attached hydrogens (tertiary/aromatic N) is 5. The molecule has 0 saturated carbocycles. The molecular weight excluding hydrogens is 274 g/mol. The molecule has 0 bridgehead atoms. The maximum atomic E-state index is 12.3. The van der Waals surface area contributed by atoms with Gasteiger partial charge in [0.15, 0.2) is 0 Å². The van der Waals surface area contributed by atoms with Crippen molar-refractivity contribution in [1.82, 2.24) is 24.5 Å². The summed E-state index contributed by atoms with van der Waals surface area (Å²) < 4.78 is 1.48. The highest BCUT2D eigenvalue weighted by atomic mass is 16.4. The van der Waals surface area contributed by atoms with Crippen molar-refractivity contribution in [3.63, 3.8) is 0 Å². The second-order valence-corrected chi connectivity index (χ2v) is 4.81. The van der Waals surface area contributed by atoms with E-state index in [0.717, 1.165) is 11.4 Å². The molecule has 2 aromatic heterocycles. The number of carboxylic acids is 1. The Kier molecular flexibility index (Phi) is 4.15. The number of fused-ring (bicyclic) bond motifs is 1. The van der Waals surface area contributed by atoms with Gasteiger partial charge in [0.1, 0.15) is 6.54 Å². The van der Waals surface area contributed by atoms with Crippen LogP contribution in [0.4, 0.5) is 0 Å². The SMILES string of the molecule is CCCN(CC(=O)O)C(=O)c1nc2nc(C)cc(C)n2n1. The smallest absolute Gasteiger partial charge is 0.323 e. The van der Waals surface area contributed by atoms with E-state index in [9.17, 15) is 9.59 Å². The van der Waals surface area contributed by atoms with E-state index in [0.29, 0.717) is 18.7 Å². The topological polar surface area (TPSA) is 101 Å². The van der Waals surface area contributed by atoms with Crippen molar-refractivity contribution < 1.29 is 14.7 Å². The molecule has 0 atom stereocenters. The molecule has 0 radical (unpaired) electrons. The summed E-state index contributed by atoms with van der Waals surface area (Å²) in [4.78, 5) is 32.7. The van der Waals surface area contributed by atoms with Gasteiger partial charge in [0.25, 0.3) is 11.7 Å². The zero-order valence-corrected chi connectivity index (χ0v) is 12.2. The number of hydrogen-bond donors (Lipinski definition) is 1. The predicted molar refractivity (Wildman–Crippen MR) is 74.1 cm³/mol. The molecule has 2 aromatic rings.